The van der Waals surface area contributed by atoms with E-state index in [0.29, 0.717) is 10.8 Å². The topological polar surface area (TPSA) is 57.5 Å². The lowest BCUT2D eigenvalue weighted by atomic mass is 10.0. The largest absolute Gasteiger partial charge is 0.457 e. The first kappa shape index (κ1) is 20.5. The first-order valence-electron chi connectivity index (χ1n) is 11.0. The van der Waals surface area contributed by atoms with E-state index >= 15 is 0 Å². The normalized spacial score (nSPS) is 17.7. The third kappa shape index (κ3) is 3.95. The van der Waals surface area contributed by atoms with E-state index in [0.717, 1.165) is 47.9 Å². The van der Waals surface area contributed by atoms with Crippen LogP contribution >= 0.6 is 22.9 Å². The average molecular weight is 476 g/mol. The SMILES string of the molecule is O=C1NC(c2ccc(-c3ccc(Cl)cc3)o2)Nc2sc3c(c21)CCN(Cc1ccccc1)C3. The quantitative estimate of drug-likeness (QED) is 0.376. The molecule has 33 heavy (non-hydrogen) atoms. The minimum absolute atomic E-state index is 0.0350. The van der Waals surface area contributed by atoms with Crippen molar-refractivity contribution in [1.29, 1.82) is 0 Å². The van der Waals surface area contributed by atoms with Crippen molar-refractivity contribution in [3.05, 3.63) is 99.1 Å². The molecule has 0 spiro atoms. The molecular formula is C26H22ClN3O2S. The molecule has 0 saturated heterocycles. The molecule has 5 nitrogen and oxygen atoms in total. The summed E-state index contributed by atoms with van der Waals surface area (Å²) in [4.78, 5) is 16.8. The van der Waals surface area contributed by atoms with Gasteiger partial charge in [0.05, 0.1) is 5.56 Å². The van der Waals surface area contributed by atoms with Gasteiger partial charge in [-0.1, -0.05) is 41.9 Å². The number of halogens is 1. The Bertz CT molecular complexity index is 1310. The number of hydrogen-bond donors (Lipinski definition) is 2. The Hall–Kier alpha value is -3.06. The van der Waals surface area contributed by atoms with Crippen LogP contribution in [0.15, 0.2) is 71.1 Å². The van der Waals surface area contributed by atoms with Gasteiger partial charge in [0.1, 0.15) is 16.5 Å². The molecule has 1 atom stereocenters. The van der Waals surface area contributed by atoms with Gasteiger partial charge in [0.15, 0.2) is 6.17 Å². The van der Waals surface area contributed by atoms with Crippen LogP contribution in [-0.4, -0.2) is 17.4 Å². The van der Waals surface area contributed by atoms with Gasteiger partial charge < -0.3 is 15.1 Å². The van der Waals surface area contributed by atoms with Crippen LogP contribution in [0.25, 0.3) is 11.3 Å². The molecule has 1 unspecified atom stereocenters. The Morgan fingerprint density at radius 3 is 2.67 bits per heavy atom. The number of fused-ring (bicyclic) bond motifs is 3. The molecule has 0 radical (unpaired) electrons. The molecule has 6 rings (SSSR count). The zero-order valence-corrected chi connectivity index (χ0v) is 19.4. The van der Waals surface area contributed by atoms with E-state index in [9.17, 15) is 4.79 Å². The first-order valence-corrected chi connectivity index (χ1v) is 12.2. The van der Waals surface area contributed by atoms with Gasteiger partial charge >= 0.3 is 0 Å². The minimum atomic E-state index is -0.397. The van der Waals surface area contributed by atoms with Gasteiger partial charge in [-0.05, 0) is 53.9 Å². The summed E-state index contributed by atoms with van der Waals surface area (Å²) in [5.41, 5.74) is 4.24. The third-order valence-electron chi connectivity index (χ3n) is 6.20. The maximum Gasteiger partial charge on any atom is 0.256 e. The molecule has 0 saturated carbocycles. The lowest BCUT2D eigenvalue weighted by molar-refractivity contribution is 0.0930. The van der Waals surface area contributed by atoms with Crippen LogP contribution in [0, 0.1) is 0 Å². The number of carbonyl (C=O) groups is 1. The van der Waals surface area contributed by atoms with Crippen molar-refractivity contribution in [2.45, 2.75) is 25.7 Å². The highest BCUT2D eigenvalue weighted by Crippen LogP contribution is 2.41. The van der Waals surface area contributed by atoms with Gasteiger partial charge in [-0.2, -0.15) is 0 Å². The van der Waals surface area contributed by atoms with Crippen molar-refractivity contribution in [3.63, 3.8) is 0 Å². The Balaban J connectivity index is 1.22. The fourth-order valence-corrected chi connectivity index (χ4v) is 6.01. The van der Waals surface area contributed by atoms with Gasteiger partial charge in [0.25, 0.3) is 5.91 Å². The first-order chi connectivity index (χ1) is 16.1. The Morgan fingerprint density at radius 1 is 1.03 bits per heavy atom. The molecule has 0 bridgehead atoms. The van der Waals surface area contributed by atoms with Crippen molar-refractivity contribution in [2.75, 3.05) is 11.9 Å². The van der Waals surface area contributed by atoms with E-state index in [1.807, 2.05) is 42.5 Å². The maximum absolute atomic E-state index is 13.1. The number of nitrogens with one attached hydrogen (secondary N) is 2. The number of anilines is 1. The summed E-state index contributed by atoms with van der Waals surface area (Å²) in [6.07, 6.45) is 0.487. The van der Waals surface area contributed by atoms with Gasteiger partial charge in [-0.25, -0.2) is 0 Å². The molecular weight excluding hydrogens is 454 g/mol. The van der Waals surface area contributed by atoms with Crippen LogP contribution in [0.3, 0.4) is 0 Å². The third-order valence-corrected chi connectivity index (χ3v) is 7.60. The Kier molecular flexibility index (Phi) is 5.21. The van der Waals surface area contributed by atoms with Gasteiger partial charge in [-0.15, -0.1) is 11.3 Å². The van der Waals surface area contributed by atoms with E-state index in [1.165, 1.54) is 16.0 Å². The van der Waals surface area contributed by atoms with Crippen LogP contribution in [-0.2, 0) is 19.5 Å². The number of benzene rings is 2. The highest BCUT2D eigenvalue weighted by Gasteiger charge is 2.34. The molecule has 2 aromatic heterocycles. The lowest BCUT2D eigenvalue weighted by Gasteiger charge is -2.28. The van der Waals surface area contributed by atoms with Gasteiger partial charge in [0, 0.05) is 35.1 Å². The van der Waals surface area contributed by atoms with E-state index in [2.05, 4.69) is 39.8 Å². The number of carbonyl (C=O) groups excluding carboxylic acids is 1. The summed E-state index contributed by atoms with van der Waals surface area (Å²) < 4.78 is 6.07. The van der Waals surface area contributed by atoms with E-state index in [4.69, 9.17) is 16.0 Å². The predicted octanol–water partition coefficient (Wildman–Crippen LogP) is 6.07. The summed E-state index contributed by atoms with van der Waals surface area (Å²) in [5.74, 6) is 1.38. The standard InChI is InChI=1S/C26H22ClN3O2S/c27-18-8-6-17(7-9-18)20-10-11-21(32-20)24-28-25(31)23-19-12-13-30(14-16-4-2-1-3-5-16)15-22(19)33-26(23)29-24/h1-11,24,29H,12-15H2,(H,28,31). The Morgan fingerprint density at radius 2 is 1.85 bits per heavy atom. The van der Waals surface area contributed by atoms with Crippen LogP contribution in [0.2, 0.25) is 5.02 Å². The zero-order chi connectivity index (χ0) is 22.4. The fourth-order valence-electron chi connectivity index (χ4n) is 4.56. The highest BCUT2D eigenvalue weighted by atomic mass is 35.5. The Labute approximate surface area is 201 Å². The van der Waals surface area contributed by atoms with Crippen LogP contribution in [0.5, 0.6) is 0 Å². The van der Waals surface area contributed by atoms with Crippen LogP contribution in [0.4, 0.5) is 5.00 Å². The van der Waals surface area contributed by atoms with E-state index in [1.54, 1.807) is 11.3 Å². The number of nitrogens with zero attached hydrogens (tertiary/aromatic N) is 1. The number of furan rings is 1. The number of amides is 1. The van der Waals surface area contributed by atoms with E-state index in [-0.39, 0.29) is 5.91 Å². The number of hydrogen-bond acceptors (Lipinski definition) is 5. The van der Waals surface area contributed by atoms with Crippen molar-refractivity contribution in [3.8, 4) is 11.3 Å². The highest BCUT2D eigenvalue weighted by molar-refractivity contribution is 7.16. The molecule has 166 valence electrons. The molecule has 1 amide bonds. The van der Waals surface area contributed by atoms with Crippen molar-refractivity contribution >= 4 is 33.8 Å². The average Bonchev–Trinajstić information content (AvgIpc) is 3.45. The van der Waals surface area contributed by atoms with Crippen LogP contribution in [0.1, 0.15) is 38.3 Å². The molecule has 0 aliphatic carbocycles. The summed E-state index contributed by atoms with van der Waals surface area (Å²) in [6.45, 7) is 2.73. The van der Waals surface area contributed by atoms with Gasteiger partial charge in [0.2, 0.25) is 0 Å². The molecule has 0 fully saturated rings. The van der Waals surface area contributed by atoms with Crippen molar-refractivity contribution in [2.24, 2.45) is 0 Å². The van der Waals surface area contributed by atoms with Crippen molar-refractivity contribution < 1.29 is 9.21 Å². The summed E-state index contributed by atoms with van der Waals surface area (Å²) >= 11 is 7.68. The maximum atomic E-state index is 13.1. The molecule has 2 aliphatic rings. The molecule has 4 heterocycles. The fraction of sp³-hybridized carbons (Fsp3) is 0.192. The van der Waals surface area contributed by atoms with E-state index < -0.39 is 6.17 Å². The molecule has 2 aromatic carbocycles. The molecule has 2 N–H and O–H groups in total. The summed E-state index contributed by atoms with van der Waals surface area (Å²) in [7, 11) is 0. The smallest absolute Gasteiger partial charge is 0.256 e. The minimum Gasteiger partial charge on any atom is -0.457 e. The molecule has 4 aromatic rings. The second-order valence-corrected chi connectivity index (χ2v) is 9.96. The lowest BCUT2D eigenvalue weighted by Crippen LogP contribution is -2.38. The number of thiophene rings is 1. The molecule has 7 heteroatoms. The summed E-state index contributed by atoms with van der Waals surface area (Å²) in [5, 5.41) is 8.18. The van der Waals surface area contributed by atoms with Crippen LogP contribution < -0.4 is 10.6 Å². The monoisotopic (exact) mass is 475 g/mol. The molecule has 2 aliphatic heterocycles. The summed E-state index contributed by atoms with van der Waals surface area (Å²) in [6, 6.07) is 21.9. The van der Waals surface area contributed by atoms with Gasteiger partial charge in [-0.3, -0.25) is 9.69 Å². The second-order valence-electron chi connectivity index (χ2n) is 8.41. The second kappa shape index (κ2) is 8.37. The van der Waals surface area contributed by atoms with Crippen molar-refractivity contribution in [1.82, 2.24) is 10.2 Å². The predicted molar refractivity (Wildman–Crippen MR) is 132 cm³/mol. The number of rotatable bonds is 4. The zero-order valence-electron chi connectivity index (χ0n) is 17.8.